The Morgan fingerprint density at radius 3 is 2.79 bits per heavy atom. The Balaban J connectivity index is 1.37. The summed E-state index contributed by atoms with van der Waals surface area (Å²) in [4.78, 5) is 31.7. The Morgan fingerprint density at radius 2 is 2.09 bits per heavy atom. The van der Waals surface area contributed by atoms with E-state index < -0.39 is 5.56 Å². The largest absolute Gasteiger partial charge is 0.485 e. The number of nitrogens with zero attached hydrogens (tertiary/aromatic N) is 4. The molecule has 3 aromatic rings. The lowest BCUT2D eigenvalue weighted by Gasteiger charge is -2.30. The molecule has 3 heterocycles. The Hall–Kier alpha value is -3.07. The van der Waals surface area contributed by atoms with E-state index >= 15 is 0 Å². The molecule has 1 aliphatic rings. The van der Waals surface area contributed by atoms with Crippen LogP contribution in [0.1, 0.15) is 40.0 Å². The average Bonchev–Trinajstić information content (AvgIpc) is 2.80. The lowest BCUT2D eigenvalue weighted by Crippen LogP contribution is -2.37. The molecule has 1 aliphatic heterocycles. The van der Waals surface area contributed by atoms with Crippen LogP contribution in [0.3, 0.4) is 0 Å². The molecule has 0 unspecified atom stereocenters. The third kappa shape index (κ3) is 6.28. The van der Waals surface area contributed by atoms with Crippen LogP contribution in [0.2, 0.25) is 5.02 Å². The van der Waals surface area contributed by atoms with Gasteiger partial charge in [0.15, 0.2) is 5.78 Å². The van der Waals surface area contributed by atoms with E-state index in [0.29, 0.717) is 28.6 Å². The topological polar surface area (TPSA) is 97.6 Å². The van der Waals surface area contributed by atoms with Gasteiger partial charge in [0.2, 0.25) is 0 Å². The second kappa shape index (κ2) is 10.9. The van der Waals surface area contributed by atoms with Crippen molar-refractivity contribution in [3.8, 4) is 5.75 Å². The first-order valence-electron chi connectivity index (χ1n) is 11.2. The van der Waals surface area contributed by atoms with Crippen molar-refractivity contribution in [2.24, 2.45) is 0 Å². The summed E-state index contributed by atoms with van der Waals surface area (Å²) in [6.45, 7) is 4.27. The molecular formula is C25H27ClN4O4. The Bertz CT molecular complexity index is 1210. The molecule has 1 saturated heterocycles. The van der Waals surface area contributed by atoms with Crippen LogP contribution in [0, 0.1) is 6.92 Å². The number of aliphatic hydroxyl groups is 1. The number of likely N-dealkylation sites (tertiary alicyclic amines) is 1. The van der Waals surface area contributed by atoms with E-state index in [2.05, 4.69) is 15.0 Å². The monoisotopic (exact) mass is 482 g/mol. The third-order valence-corrected chi connectivity index (χ3v) is 6.01. The second-order valence-electron chi connectivity index (χ2n) is 8.55. The number of pyridine rings is 1. The number of carbonyl (C=O) groups excluding carboxylic acids is 1. The zero-order valence-corrected chi connectivity index (χ0v) is 19.7. The maximum absolute atomic E-state index is 12.9. The molecule has 9 heteroatoms. The number of β-amino-alcohol motifs (C(OH)–C–C–N with tert-alkyl or cyclic N) is 1. The van der Waals surface area contributed by atoms with Gasteiger partial charge in [-0.25, -0.2) is 4.68 Å². The lowest BCUT2D eigenvalue weighted by atomic mass is 10.0. The number of carbonyl (C=O) groups is 1. The highest BCUT2D eigenvalue weighted by Gasteiger charge is 2.18. The second-order valence-corrected chi connectivity index (χ2v) is 8.98. The summed E-state index contributed by atoms with van der Waals surface area (Å²) < 4.78 is 6.70. The van der Waals surface area contributed by atoms with Crippen LogP contribution in [0.5, 0.6) is 5.75 Å². The molecule has 178 valence electrons. The van der Waals surface area contributed by atoms with Gasteiger partial charge in [-0.15, -0.1) is 0 Å². The summed E-state index contributed by atoms with van der Waals surface area (Å²) >= 11 is 5.82. The number of ether oxygens (including phenoxy) is 1. The molecule has 1 N–H and O–H groups in total. The number of ketones is 1. The van der Waals surface area contributed by atoms with Crippen molar-refractivity contribution in [1.82, 2.24) is 19.7 Å². The van der Waals surface area contributed by atoms with Crippen molar-refractivity contribution in [3.63, 3.8) is 0 Å². The standard InChI is InChI=1S/C25H27ClN4O4/c1-17-9-18(13-29-8-2-3-21(31)14-29)4-7-23(17)24(32)15-30-25(33)10-22(12-28-30)34-16-20-6-5-19(26)11-27-20/h4-7,9-12,21,31H,2-3,8,13-16H2,1H3/t21-/m1/s1. The van der Waals surface area contributed by atoms with Gasteiger partial charge >= 0.3 is 0 Å². The highest BCUT2D eigenvalue weighted by Crippen LogP contribution is 2.17. The predicted octanol–water partition coefficient (Wildman–Crippen LogP) is 3.02. The van der Waals surface area contributed by atoms with Crippen LogP contribution in [0.15, 0.2) is 53.6 Å². The average molecular weight is 483 g/mol. The van der Waals surface area contributed by atoms with Gasteiger partial charge in [-0.3, -0.25) is 19.5 Å². The van der Waals surface area contributed by atoms with Crippen LogP contribution in [-0.2, 0) is 19.7 Å². The predicted molar refractivity (Wildman–Crippen MR) is 128 cm³/mol. The number of aromatic nitrogens is 3. The maximum atomic E-state index is 12.9. The van der Waals surface area contributed by atoms with E-state index in [-0.39, 0.29) is 25.0 Å². The van der Waals surface area contributed by atoms with Crippen LogP contribution >= 0.6 is 11.6 Å². The van der Waals surface area contributed by atoms with Gasteiger partial charge in [-0.05, 0) is 49.6 Å². The molecule has 0 bridgehead atoms. The number of Topliss-reactive ketones (excluding diaryl/α,β-unsaturated/α-hetero) is 1. The summed E-state index contributed by atoms with van der Waals surface area (Å²) in [5.41, 5.74) is 2.75. The van der Waals surface area contributed by atoms with Crippen molar-refractivity contribution in [2.75, 3.05) is 13.1 Å². The van der Waals surface area contributed by atoms with Crippen molar-refractivity contribution < 1.29 is 14.6 Å². The normalized spacial score (nSPS) is 16.4. The molecule has 4 rings (SSSR count). The summed E-state index contributed by atoms with van der Waals surface area (Å²) in [5, 5.41) is 14.5. The first-order valence-corrected chi connectivity index (χ1v) is 11.6. The minimum atomic E-state index is -0.423. The van der Waals surface area contributed by atoms with Crippen molar-refractivity contribution in [2.45, 2.75) is 45.6 Å². The molecule has 2 aromatic heterocycles. The van der Waals surface area contributed by atoms with Gasteiger partial charge in [0.25, 0.3) is 5.56 Å². The number of hydrogen-bond donors (Lipinski definition) is 1. The maximum Gasteiger partial charge on any atom is 0.270 e. The summed E-state index contributed by atoms with van der Waals surface area (Å²) in [7, 11) is 0. The highest BCUT2D eigenvalue weighted by molar-refractivity contribution is 6.30. The highest BCUT2D eigenvalue weighted by atomic mass is 35.5. The fraction of sp³-hybridized carbons (Fsp3) is 0.360. The minimum Gasteiger partial charge on any atom is -0.485 e. The number of halogens is 1. The molecule has 0 spiro atoms. The van der Waals surface area contributed by atoms with Crippen LogP contribution in [-0.4, -0.2) is 49.7 Å². The molecule has 0 radical (unpaired) electrons. The molecule has 1 aromatic carbocycles. The summed E-state index contributed by atoms with van der Waals surface area (Å²) in [6.07, 6.45) is 4.50. The van der Waals surface area contributed by atoms with E-state index in [0.717, 1.165) is 41.7 Å². The van der Waals surface area contributed by atoms with Gasteiger partial charge < -0.3 is 9.84 Å². The van der Waals surface area contributed by atoms with Gasteiger partial charge in [0.05, 0.1) is 23.0 Å². The SMILES string of the molecule is Cc1cc(CN2CCC[C@@H](O)C2)ccc1C(=O)Cn1ncc(OCc2ccc(Cl)cn2)cc1=O. The zero-order valence-electron chi connectivity index (χ0n) is 19.0. The number of hydrogen-bond acceptors (Lipinski definition) is 7. The van der Waals surface area contributed by atoms with Crippen molar-refractivity contribution in [1.29, 1.82) is 0 Å². The number of benzene rings is 1. The van der Waals surface area contributed by atoms with E-state index in [1.54, 1.807) is 18.2 Å². The van der Waals surface area contributed by atoms with Crippen LogP contribution in [0.4, 0.5) is 0 Å². The fourth-order valence-electron chi connectivity index (χ4n) is 4.05. The quantitative estimate of drug-likeness (QED) is 0.493. The molecule has 0 saturated carbocycles. The molecule has 0 amide bonds. The minimum absolute atomic E-state index is 0.156. The van der Waals surface area contributed by atoms with Crippen LogP contribution < -0.4 is 10.3 Å². The number of aliphatic hydroxyl groups excluding tert-OH is 1. The first kappa shape index (κ1) is 24.1. The van der Waals surface area contributed by atoms with E-state index in [9.17, 15) is 14.7 Å². The molecule has 0 aliphatic carbocycles. The van der Waals surface area contributed by atoms with Gasteiger partial charge in [-0.1, -0.05) is 29.8 Å². The van der Waals surface area contributed by atoms with Gasteiger partial charge in [-0.2, -0.15) is 5.10 Å². The smallest absolute Gasteiger partial charge is 0.270 e. The molecule has 1 atom stereocenters. The third-order valence-electron chi connectivity index (χ3n) is 5.79. The molecular weight excluding hydrogens is 456 g/mol. The van der Waals surface area contributed by atoms with Gasteiger partial charge in [0.1, 0.15) is 18.9 Å². The number of rotatable bonds is 8. The number of piperidine rings is 1. The van der Waals surface area contributed by atoms with E-state index in [4.69, 9.17) is 16.3 Å². The van der Waals surface area contributed by atoms with Crippen molar-refractivity contribution in [3.05, 3.63) is 86.6 Å². The summed E-state index contributed by atoms with van der Waals surface area (Å²) in [5.74, 6) is 0.111. The van der Waals surface area contributed by atoms with E-state index in [1.165, 1.54) is 18.5 Å². The first-order chi connectivity index (χ1) is 16.4. The zero-order chi connectivity index (χ0) is 24.1. The molecule has 8 nitrogen and oxygen atoms in total. The Labute approximate surface area is 202 Å². The van der Waals surface area contributed by atoms with E-state index in [1.807, 2.05) is 19.1 Å². The van der Waals surface area contributed by atoms with Gasteiger partial charge in [0, 0.05) is 30.9 Å². The Kier molecular flexibility index (Phi) is 7.72. The molecule has 1 fully saturated rings. The Morgan fingerprint density at radius 1 is 1.24 bits per heavy atom. The summed E-state index contributed by atoms with van der Waals surface area (Å²) in [6, 6.07) is 10.5. The molecule has 34 heavy (non-hydrogen) atoms. The number of aryl methyl sites for hydroxylation is 1. The lowest BCUT2D eigenvalue weighted by molar-refractivity contribution is 0.0668. The van der Waals surface area contributed by atoms with Crippen LogP contribution in [0.25, 0.3) is 0 Å². The fourth-order valence-corrected chi connectivity index (χ4v) is 4.17. The van der Waals surface area contributed by atoms with Crippen molar-refractivity contribution >= 4 is 17.4 Å².